The van der Waals surface area contributed by atoms with E-state index in [0.29, 0.717) is 5.56 Å². The smallest absolute Gasteiger partial charge is 0.307 e. The van der Waals surface area contributed by atoms with Crippen LogP contribution in [0.25, 0.3) is 0 Å². The van der Waals surface area contributed by atoms with E-state index in [1.165, 1.54) is 0 Å². The van der Waals surface area contributed by atoms with Gasteiger partial charge in [-0.25, -0.2) is 8.42 Å². The minimum Gasteiger partial charge on any atom is -0.481 e. The molecule has 7 heteroatoms. The molecule has 1 unspecified atom stereocenters. The van der Waals surface area contributed by atoms with Crippen molar-refractivity contribution in [2.45, 2.75) is 18.6 Å². The van der Waals surface area contributed by atoms with Crippen molar-refractivity contribution in [1.82, 2.24) is 0 Å². The van der Waals surface area contributed by atoms with E-state index in [4.69, 9.17) is 10.2 Å². The molecule has 0 bridgehead atoms. The summed E-state index contributed by atoms with van der Waals surface area (Å²) in [4.78, 5) is 21.4. The summed E-state index contributed by atoms with van der Waals surface area (Å²) in [6, 6.07) is 8.44. The zero-order valence-corrected chi connectivity index (χ0v) is 11.5. The third-order valence-corrected chi connectivity index (χ3v) is 4.42. The third kappa shape index (κ3) is 5.83. The Morgan fingerprint density at radius 2 is 1.70 bits per heavy atom. The highest BCUT2D eigenvalue weighted by Crippen LogP contribution is 2.14. The zero-order chi connectivity index (χ0) is 15.2. The van der Waals surface area contributed by atoms with Gasteiger partial charge < -0.3 is 10.2 Å². The Bertz CT molecular complexity index is 564. The zero-order valence-electron chi connectivity index (χ0n) is 10.7. The first kappa shape index (κ1) is 16.2. The van der Waals surface area contributed by atoms with Crippen molar-refractivity contribution in [2.75, 3.05) is 5.75 Å². The van der Waals surface area contributed by atoms with Gasteiger partial charge in [0.25, 0.3) is 0 Å². The van der Waals surface area contributed by atoms with E-state index >= 15 is 0 Å². The minimum atomic E-state index is -3.60. The van der Waals surface area contributed by atoms with Gasteiger partial charge in [0.2, 0.25) is 0 Å². The lowest BCUT2D eigenvalue weighted by atomic mass is 10.1. The molecule has 1 atom stereocenters. The van der Waals surface area contributed by atoms with Gasteiger partial charge in [-0.05, 0) is 12.0 Å². The first-order valence-corrected chi connectivity index (χ1v) is 7.81. The summed E-state index contributed by atoms with van der Waals surface area (Å²) >= 11 is 0. The summed E-state index contributed by atoms with van der Waals surface area (Å²) in [5.41, 5.74) is 0.579. The van der Waals surface area contributed by atoms with Crippen LogP contribution in [0.5, 0.6) is 0 Å². The molecule has 0 fully saturated rings. The van der Waals surface area contributed by atoms with Gasteiger partial charge in [0.15, 0.2) is 9.84 Å². The summed E-state index contributed by atoms with van der Waals surface area (Å²) in [7, 11) is -3.60. The second-order valence-corrected chi connectivity index (χ2v) is 6.62. The van der Waals surface area contributed by atoms with E-state index in [1.807, 2.05) is 0 Å². The Morgan fingerprint density at radius 1 is 1.10 bits per heavy atom. The second-order valence-electron chi connectivity index (χ2n) is 4.51. The van der Waals surface area contributed by atoms with Crippen molar-refractivity contribution in [3.63, 3.8) is 0 Å². The van der Waals surface area contributed by atoms with Crippen LogP contribution < -0.4 is 0 Å². The number of hydrogen-bond donors (Lipinski definition) is 2. The van der Waals surface area contributed by atoms with E-state index in [-0.39, 0.29) is 18.6 Å². The molecule has 0 saturated heterocycles. The monoisotopic (exact) mass is 300 g/mol. The van der Waals surface area contributed by atoms with Crippen molar-refractivity contribution < 1.29 is 28.2 Å². The molecule has 0 aliphatic heterocycles. The van der Waals surface area contributed by atoms with Crippen molar-refractivity contribution in [3.05, 3.63) is 35.9 Å². The van der Waals surface area contributed by atoms with E-state index in [9.17, 15) is 18.0 Å². The van der Waals surface area contributed by atoms with Gasteiger partial charge >= 0.3 is 11.9 Å². The highest BCUT2D eigenvalue weighted by atomic mass is 32.2. The summed E-state index contributed by atoms with van der Waals surface area (Å²) in [5.74, 6) is -4.42. The van der Waals surface area contributed by atoms with Crippen LogP contribution in [0.2, 0.25) is 0 Å². The fourth-order valence-corrected chi connectivity index (χ4v) is 3.51. The van der Waals surface area contributed by atoms with Gasteiger partial charge in [-0.3, -0.25) is 9.59 Å². The molecule has 0 heterocycles. The molecule has 6 nitrogen and oxygen atoms in total. The number of hydrogen-bond acceptors (Lipinski definition) is 4. The summed E-state index contributed by atoms with van der Waals surface area (Å²) in [6.07, 6.45) is -0.559. The van der Waals surface area contributed by atoms with Gasteiger partial charge in [0.05, 0.1) is 17.4 Å². The van der Waals surface area contributed by atoms with Gasteiger partial charge in [-0.1, -0.05) is 30.3 Å². The fraction of sp³-hybridized carbons (Fsp3) is 0.385. The Morgan fingerprint density at radius 3 is 2.20 bits per heavy atom. The average molecular weight is 300 g/mol. The normalized spacial score (nSPS) is 12.8. The number of aliphatic carboxylic acids is 2. The molecular formula is C13H16O6S. The highest BCUT2D eigenvalue weighted by Gasteiger charge is 2.26. The van der Waals surface area contributed by atoms with Gasteiger partial charge in [0, 0.05) is 6.42 Å². The number of carboxylic acids is 2. The van der Waals surface area contributed by atoms with Crippen LogP contribution in [0.4, 0.5) is 0 Å². The summed E-state index contributed by atoms with van der Waals surface area (Å²) < 4.78 is 23.9. The predicted octanol–water partition coefficient (Wildman–Crippen LogP) is 1.17. The minimum absolute atomic E-state index is 0.196. The molecule has 0 amide bonds. The van der Waals surface area contributed by atoms with Crippen LogP contribution in [0.1, 0.15) is 18.4 Å². The lowest BCUT2D eigenvalue weighted by molar-refractivity contribution is -0.142. The van der Waals surface area contributed by atoms with Gasteiger partial charge in [-0.15, -0.1) is 0 Å². The Labute approximate surface area is 117 Å². The van der Waals surface area contributed by atoms with Gasteiger partial charge in [-0.2, -0.15) is 0 Å². The van der Waals surface area contributed by atoms with Crippen molar-refractivity contribution in [3.8, 4) is 0 Å². The molecule has 2 N–H and O–H groups in total. The Balaban J connectivity index is 2.71. The Kier molecular flexibility index (Phi) is 5.69. The molecule has 0 aliphatic carbocycles. The van der Waals surface area contributed by atoms with Crippen LogP contribution >= 0.6 is 0 Å². The summed E-state index contributed by atoms with van der Waals surface area (Å²) in [6.45, 7) is 0. The fourth-order valence-electron chi connectivity index (χ4n) is 1.77. The molecule has 0 spiro atoms. The van der Waals surface area contributed by atoms with Crippen LogP contribution in [-0.2, 0) is 25.2 Å². The number of sulfone groups is 1. The maximum atomic E-state index is 11.9. The third-order valence-electron chi connectivity index (χ3n) is 2.74. The molecule has 1 rings (SSSR count). The molecule has 20 heavy (non-hydrogen) atoms. The van der Waals surface area contributed by atoms with Crippen LogP contribution in [0.3, 0.4) is 0 Å². The number of benzene rings is 1. The maximum Gasteiger partial charge on any atom is 0.307 e. The topological polar surface area (TPSA) is 109 Å². The molecular weight excluding hydrogens is 284 g/mol. The predicted molar refractivity (Wildman–Crippen MR) is 71.9 cm³/mol. The molecule has 0 radical (unpaired) electrons. The Hall–Kier alpha value is -1.89. The van der Waals surface area contributed by atoms with Crippen molar-refractivity contribution in [2.24, 2.45) is 5.92 Å². The second kappa shape index (κ2) is 7.04. The van der Waals surface area contributed by atoms with Crippen LogP contribution in [0, 0.1) is 5.92 Å². The molecule has 0 aromatic heterocycles. The average Bonchev–Trinajstić information content (AvgIpc) is 2.34. The highest BCUT2D eigenvalue weighted by molar-refractivity contribution is 7.90. The molecule has 0 saturated carbocycles. The SMILES string of the molecule is O=C(O)CCC(CS(=O)(=O)Cc1ccccc1)C(=O)O. The van der Waals surface area contributed by atoms with Crippen LogP contribution in [-0.4, -0.2) is 36.3 Å². The number of carbonyl (C=O) groups is 2. The van der Waals surface area contributed by atoms with E-state index in [2.05, 4.69) is 0 Å². The van der Waals surface area contributed by atoms with E-state index in [0.717, 1.165) is 0 Å². The van der Waals surface area contributed by atoms with E-state index < -0.39 is 33.4 Å². The number of carboxylic acid groups (broad SMARTS) is 2. The first-order valence-electron chi connectivity index (χ1n) is 5.99. The molecule has 1 aromatic carbocycles. The lowest BCUT2D eigenvalue weighted by Crippen LogP contribution is -2.25. The number of rotatable bonds is 8. The summed E-state index contributed by atoms with van der Waals surface area (Å²) in [5, 5.41) is 17.5. The van der Waals surface area contributed by atoms with Gasteiger partial charge in [0.1, 0.15) is 0 Å². The molecule has 110 valence electrons. The van der Waals surface area contributed by atoms with Crippen molar-refractivity contribution >= 4 is 21.8 Å². The van der Waals surface area contributed by atoms with Crippen molar-refractivity contribution in [1.29, 1.82) is 0 Å². The largest absolute Gasteiger partial charge is 0.481 e. The van der Waals surface area contributed by atoms with E-state index in [1.54, 1.807) is 30.3 Å². The first-order chi connectivity index (χ1) is 9.30. The standard InChI is InChI=1S/C13H16O6S/c14-12(15)7-6-11(13(16)17)9-20(18,19)8-10-4-2-1-3-5-10/h1-5,11H,6-9H2,(H,14,15)(H,16,17). The molecule has 0 aliphatic rings. The quantitative estimate of drug-likeness (QED) is 0.746. The maximum absolute atomic E-state index is 11.9. The van der Waals surface area contributed by atoms with Crippen LogP contribution in [0.15, 0.2) is 30.3 Å². The lowest BCUT2D eigenvalue weighted by Gasteiger charge is -2.11. The molecule has 1 aromatic rings.